The molecule has 1 heterocycles. The van der Waals surface area contributed by atoms with Gasteiger partial charge in [-0.05, 0) is 12.1 Å². The van der Waals surface area contributed by atoms with Gasteiger partial charge < -0.3 is 15.0 Å². The maximum atomic E-state index is 12.3. The number of nitrogens with zero attached hydrogens (tertiary/aromatic N) is 1. The van der Waals surface area contributed by atoms with E-state index >= 15 is 0 Å². The lowest BCUT2D eigenvalue weighted by atomic mass is 10.2. The van der Waals surface area contributed by atoms with E-state index in [1.54, 1.807) is 26.3 Å². The highest BCUT2D eigenvalue weighted by Gasteiger charge is 2.27. The molecule has 116 valence electrons. The molecule has 1 N–H and O–H groups in total. The summed E-state index contributed by atoms with van der Waals surface area (Å²) >= 11 is 0. The fourth-order valence-electron chi connectivity index (χ4n) is 2.39. The number of para-hydroxylation sites is 2. The van der Waals surface area contributed by atoms with Gasteiger partial charge >= 0.3 is 0 Å². The van der Waals surface area contributed by atoms with E-state index in [1.807, 2.05) is 12.1 Å². The van der Waals surface area contributed by atoms with E-state index in [0.717, 1.165) is 0 Å². The summed E-state index contributed by atoms with van der Waals surface area (Å²) in [6.45, 7) is 0.401. The topological polar surface area (TPSA) is 75.7 Å². The van der Waals surface area contributed by atoms with E-state index in [1.165, 1.54) is 4.90 Å². The Labute approximate surface area is 125 Å². The van der Waals surface area contributed by atoms with Gasteiger partial charge in [0.1, 0.15) is 5.75 Å². The number of benzene rings is 1. The van der Waals surface area contributed by atoms with E-state index in [9.17, 15) is 13.2 Å². The molecule has 1 amide bonds. The lowest BCUT2D eigenvalue weighted by Gasteiger charge is -2.26. The summed E-state index contributed by atoms with van der Waals surface area (Å²) < 4.78 is 28.4. The maximum Gasteiger partial charge on any atom is 0.228 e. The number of amides is 1. The molecule has 0 radical (unpaired) electrons. The number of nitrogens with one attached hydrogen (secondary N) is 1. The van der Waals surface area contributed by atoms with Crippen molar-refractivity contribution in [3.63, 3.8) is 0 Å². The van der Waals surface area contributed by atoms with Crippen molar-refractivity contribution in [3.8, 4) is 5.75 Å². The van der Waals surface area contributed by atoms with Crippen LogP contribution in [-0.2, 0) is 14.6 Å². The van der Waals surface area contributed by atoms with E-state index in [2.05, 4.69) is 5.32 Å². The first kappa shape index (κ1) is 15.8. The number of methoxy groups -OCH3 is 1. The quantitative estimate of drug-likeness (QED) is 0.873. The molecule has 7 heteroatoms. The monoisotopic (exact) mass is 312 g/mol. The number of hydrogen-bond acceptors (Lipinski definition) is 5. The zero-order chi connectivity index (χ0) is 15.5. The molecular formula is C14H20N2O4S. The number of sulfone groups is 1. The number of anilines is 1. The third kappa shape index (κ3) is 3.95. The van der Waals surface area contributed by atoms with E-state index in [4.69, 9.17) is 4.74 Å². The molecule has 0 aliphatic carbocycles. The summed E-state index contributed by atoms with van der Waals surface area (Å²) in [6.07, 6.45) is 0.147. The van der Waals surface area contributed by atoms with Crippen LogP contribution in [0.4, 0.5) is 5.69 Å². The minimum Gasteiger partial charge on any atom is -0.495 e. The van der Waals surface area contributed by atoms with Crippen LogP contribution in [0.25, 0.3) is 0 Å². The van der Waals surface area contributed by atoms with Crippen molar-refractivity contribution in [1.29, 1.82) is 0 Å². The highest BCUT2D eigenvalue weighted by molar-refractivity contribution is 7.91. The van der Waals surface area contributed by atoms with Crippen molar-refractivity contribution in [3.05, 3.63) is 24.3 Å². The lowest BCUT2D eigenvalue weighted by molar-refractivity contribution is -0.118. The van der Waals surface area contributed by atoms with Crippen LogP contribution >= 0.6 is 0 Å². The SMILES string of the molecule is COc1ccccc1N(C)C(=O)CC1CS(=O)(=O)CCN1. The van der Waals surface area contributed by atoms with Gasteiger partial charge in [0.25, 0.3) is 0 Å². The second-order valence-corrected chi connectivity index (χ2v) is 7.32. The Morgan fingerprint density at radius 2 is 2.14 bits per heavy atom. The summed E-state index contributed by atoms with van der Waals surface area (Å²) in [5, 5.41) is 3.08. The van der Waals surface area contributed by atoms with Gasteiger partial charge in [0.2, 0.25) is 5.91 Å². The van der Waals surface area contributed by atoms with Gasteiger partial charge in [-0.3, -0.25) is 4.79 Å². The minimum absolute atomic E-state index is 0.0124. The van der Waals surface area contributed by atoms with Crippen LogP contribution in [0.2, 0.25) is 0 Å². The number of ether oxygens (including phenoxy) is 1. The Morgan fingerprint density at radius 3 is 2.81 bits per heavy atom. The van der Waals surface area contributed by atoms with Crippen molar-refractivity contribution >= 4 is 21.4 Å². The molecule has 1 unspecified atom stereocenters. The molecule has 1 fully saturated rings. The van der Waals surface area contributed by atoms with Gasteiger partial charge in [-0.1, -0.05) is 12.1 Å². The molecule has 1 aromatic carbocycles. The largest absolute Gasteiger partial charge is 0.495 e. The standard InChI is InChI=1S/C14H20N2O4S/c1-16(12-5-3-4-6-13(12)20-2)14(17)9-11-10-21(18,19)8-7-15-11/h3-6,11,15H,7-10H2,1-2H3. The van der Waals surface area contributed by atoms with Crippen molar-refractivity contribution in [2.24, 2.45) is 0 Å². The normalized spacial score (nSPS) is 20.8. The highest BCUT2D eigenvalue weighted by Crippen LogP contribution is 2.27. The van der Waals surface area contributed by atoms with Gasteiger partial charge in [-0.2, -0.15) is 0 Å². The average Bonchev–Trinajstić information content (AvgIpc) is 2.45. The molecule has 1 saturated heterocycles. The molecule has 0 spiro atoms. The average molecular weight is 312 g/mol. The van der Waals surface area contributed by atoms with Crippen LogP contribution in [0, 0.1) is 0 Å². The molecule has 1 aromatic rings. The minimum atomic E-state index is -3.04. The lowest BCUT2D eigenvalue weighted by Crippen LogP contribution is -2.47. The maximum absolute atomic E-state index is 12.3. The second-order valence-electron chi connectivity index (χ2n) is 5.09. The van der Waals surface area contributed by atoms with Crippen LogP contribution in [0.1, 0.15) is 6.42 Å². The zero-order valence-electron chi connectivity index (χ0n) is 12.2. The van der Waals surface area contributed by atoms with Gasteiger partial charge in [0, 0.05) is 26.1 Å². The number of carbonyl (C=O) groups excluding carboxylic acids is 1. The van der Waals surface area contributed by atoms with Gasteiger partial charge in [0.05, 0.1) is 24.3 Å². The summed E-state index contributed by atoms with van der Waals surface area (Å²) in [6, 6.07) is 6.90. The Hall–Kier alpha value is -1.60. The summed E-state index contributed by atoms with van der Waals surface area (Å²) in [5.74, 6) is 0.616. The number of rotatable bonds is 4. The molecule has 0 aromatic heterocycles. The molecule has 1 aliphatic heterocycles. The first-order chi connectivity index (χ1) is 9.93. The summed E-state index contributed by atoms with van der Waals surface area (Å²) in [4.78, 5) is 13.8. The van der Waals surface area contributed by atoms with Gasteiger partial charge in [-0.25, -0.2) is 8.42 Å². The number of hydrogen-bond donors (Lipinski definition) is 1. The van der Waals surface area contributed by atoms with E-state index in [-0.39, 0.29) is 29.9 Å². The highest BCUT2D eigenvalue weighted by atomic mass is 32.2. The zero-order valence-corrected chi connectivity index (χ0v) is 13.0. The van der Waals surface area contributed by atoms with Gasteiger partial charge in [-0.15, -0.1) is 0 Å². The number of carbonyl (C=O) groups is 1. The van der Waals surface area contributed by atoms with Crippen LogP contribution in [0.5, 0.6) is 5.75 Å². The third-order valence-corrected chi connectivity index (χ3v) is 5.28. The molecule has 0 bridgehead atoms. The molecule has 1 aliphatic rings. The fraction of sp³-hybridized carbons (Fsp3) is 0.500. The molecule has 2 rings (SSSR count). The van der Waals surface area contributed by atoms with E-state index in [0.29, 0.717) is 18.0 Å². The van der Waals surface area contributed by atoms with Crippen molar-refractivity contribution < 1.29 is 17.9 Å². The van der Waals surface area contributed by atoms with Crippen LogP contribution in [0.3, 0.4) is 0 Å². The van der Waals surface area contributed by atoms with Crippen molar-refractivity contribution in [2.45, 2.75) is 12.5 Å². The van der Waals surface area contributed by atoms with Crippen LogP contribution in [0.15, 0.2) is 24.3 Å². The van der Waals surface area contributed by atoms with Crippen molar-refractivity contribution in [1.82, 2.24) is 5.32 Å². The Bertz CT molecular complexity index is 615. The molecule has 1 atom stereocenters. The van der Waals surface area contributed by atoms with Crippen molar-refractivity contribution in [2.75, 3.05) is 37.1 Å². The summed E-state index contributed by atoms with van der Waals surface area (Å²) in [7, 11) is 0.174. The molecular weight excluding hydrogens is 292 g/mol. The first-order valence-electron chi connectivity index (χ1n) is 6.76. The smallest absolute Gasteiger partial charge is 0.228 e. The second kappa shape index (κ2) is 6.44. The third-order valence-electron chi connectivity index (χ3n) is 3.54. The van der Waals surface area contributed by atoms with Crippen LogP contribution in [-0.4, -0.2) is 52.6 Å². The predicted molar refractivity (Wildman–Crippen MR) is 81.5 cm³/mol. The first-order valence-corrected chi connectivity index (χ1v) is 8.58. The Balaban J connectivity index is 2.06. The summed E-state index contributed by atoms with van der Waals surface area (Å²) in [5.41, 5.74) is 0.670. The van der Waals surface area contributed by atoms with Gasteiger partial charge in [0.15, 0.2) is 9.84 Å². The Kier molecular flexibility index (Phi) is 4.84. The fourth-order valence-corrected chi connectivity index (χ4v) is 3.83. The molecule has 6 nitrogen and oxygen atoms in total. The van der Waals surface area contributed by atoms with E-state index < -0.39 is 9.84 Å². The molecule has 21 heavy (non-hydrogen) atoms. The van der Waals surface area contributed by atoms with Crippen LogP contribution < -0.4 is 15.0 Å². The molecule has 0 saturated carbocycles. The predicted octanol–water partition coefficient (Wildman–Crippen LogP) is 0.435. The Morgan fingerprint density at radius 1 is 1.43 bits per heavy atom.